The Morgan fingerprint density at radius 2 is 2.00 bits per heavy atom. The molecule has 0 radical (unpaired) electrons. The van der Waals surface area contributed by atoms with E-state index in [0.29, 0.717) is 11.4 Å². The number of H-pyrrole nitrogens is 1. The minimum absolute atomic E-state index is 0.673. The molecular formula is C19H17N5O. The molecule has 0 saturated heterocycles. The van der Waals surface area contributed by atoms with E-state index in [2.05, 4.69) is 20.3 Å². The Labute approximate surface area is 144 Å². The largest absolute Gasteiger partial charge is 0.457 e. The number of anilines is 3. The van der Waals surface area contributed by atoms with E-state index < -0.39 is 0 Å². The highest BCUT2D eigenvalue weighted by Crippen LogP contribution is 2.30. The lowest BCUT2D eigenvalue weighted by Gasteiger charge is -2.12. The van der Waals surface area contributed by atoms with Gasteiger partial charge in [0, 0.05) is 23.6 Å². The first-order valence-electron chi connectivity index (χ1n) is 7.88. The highest BCUT2D eigenvalue weighted by atomic mass is 16.5. The minimum Gasteiger partial charge on any atom is -0.457 e. The van der Waals surface area contributed by atoms with Gasteiger partial charge in [-0.1, -0.05) is 6.07 Å². The standard InChI is InChI=1S/C19H17N5O/c1-12-9-14(24-19-18-16(7-8-21-18)22-11-23-19)5-6-17(12)25-15-4-2-3-13(20)10-15/h2-11,21H,20H2,1H3,(H,22,23,24). The number of hydrogen-bond acceptors (Lipinski definition) is 5. The van der Waals surface area contributed by atoms with Crippen LogP contribution in [0.5, 0.6) is 11.5 Å². The number of hydrogen-bond donors (Lipinski definition) is 3. The summed E-state index contributed by atoms with van der Waals surface area (Å²) in [5.74, 6) is 2.23. The molecule has 25 heavy (non-hydrogen) atoms. The average molecular weight is 331 g/mol. The lowest BCUT2D eigenvalue weighted by Crippen LogP contribution is -1.97. The van der Waals surface area contributed by atoms with Gasteiger partial charge in [-0.2, -0.15) is 0 Å². The summed E-state index contributed by atoms with van der Waals surface area (Å²) < 4.78 is 5.91. The van der Waals surface area contributed by atoms with Crippen LogP contribution in [0.15, 0.2) is 61.1 Å². The Balaban J connectivity index is 1.58. The Hall–Kier alpha value is -3.54. The number of nitrogens with two attached hydrogens (primary N) is 1. The van der Waals surface area contributed by atoms with Crippen molar-refractivity contribution in [2.75, 3.05) is 11.1 Å². The topological polar surface area (TPSA) is 88.8 Å². The van der Waals surface area contributed by atoms with Crippen molar-refractivity contribution in [1.29, 1.82) is 0 Å². The molecular weight excluding hydrogens is 314 g/mol. The first kappa shape index (κ1) is 15.0. The number of aromatic amines is 1. The van der Waals surface area contributed by atoms with Crippen LogP contribution in [-0.4, -0.2) is 15.0 Å². The van der Waals surface area contributed by atoms with Crippen LogP contribution >= 0.6 is 0 Å². The predicted octanol–water partition coefficient (Wildman–Crippen LogP) is 4.38. The molecule has 6 heteroatoms. The van der Waals surface area contributed by atoms with Crippen LogP contribution in [0.25, 0.3) is 11.0 Å². The van der Waals surface area contributed by atoms with Gasteiger partial charge in [-0.25, -0.2) is 9.97 Å². The molecule has 0 fully saturated rings. The lowest BCUT2D eigenvalue weighted by molar-refractivity contribution is 0.479. The number of rotatable bonds is 4. The molecule has 2 heterocycles. The second-order valence-corrected chi connectivity index (χ2v) is 5.74. The first-order valence-corrected chi connectivity index (χ1v) is 7.88. The molecule has 0 aliphatic carbocycles. The van der Waals surface area contributed by atoms with Crippen molar-refractivity contribution in [3.63, 3.8) is 0 Å². The molecule has 0 amide bonds. The maximum Gasteiger partial charge on any atom is 0.158 e. The molecule has 0 atom stereocenters. The first-order chi connectivity index (χ1) is 12.2. The molecule has 4 aromatic rings. The number of benzene rings is 2. The SMILES string of the molecule is Cc1cc(Nc2ncnc3cc[nH]c23)ccc1Oc1cccc(N)c1. The van der Waals surface area contributed by atoms with E-state index in [4.69, 9.17) is 10.5 Å². The molecule has 0 aliphatic rings. The second-order valence-electron chi connectivity index (χ2n) is 5.74. The number of nitrogens with zero attached hydrogens (tertiary/aromatic N) is 2. The highest BCUT2D eigenvalue weighted by molar-refractivity contribution is 5.87. The maximum absolute atomic E-state index is 5.91. The molecule has 0 saturated carbocycles. The number of ether oxygens (including phenoxy) is 1. The Kier molecular flexibility index (Phi) is 3.70. The molecule has 0 unspecified atom stereocenters. The molecule has 0 aliphatic heterocycles. The van der Waals surface area contributed by atoms with Crippen LogP contribution in [0.3, 0.4) is 0 Å². The zero-order valence-corrected chi connectivity index (χ0v) is 13.7. The van der Waals surface area contributed by atoms with Crippen LogP contribution in [0.2, 0.25) is 0 Å². The fraction of sp³-hybridized carbons (Fsp3) is 0.0526. The fourth-order valence-electron chi connectivity index (χ4n) is 2.65. The molecule has 4 N–H and O–H groups in total. The third-order valence-corrected chi connectivity index (χ3v) is 3.87. The molecule has 0 spiro atoms. The molecule has 124 valence electrons. The number of aromatic nitrogens is 3. The van der Waals surface area contributed by atoms with Crippen molar-refractivity contribution >= 4 is 28.2 Å². The summed E-state index contributed by atoms with van der Waals surface area (Å²) in [4.78, 5) is 11.7. The Bertz CT molecular complexity index is 1040. The van der Waals surface area contributed by atoms with Gasteiger partial charge in [0.2, 0.25) is 0 Å². The van der Waals surface area contributed by atoms with Crippen LogP contribution < -0.4 is 15.8 Å². The lowest BCUT2D eigenvalue weighted by atomic mass is 10.2. The zero-order chi connectivity index (χ0) is 17.2. The summed E-state index contributed by atoms with van der Waals surface area (Å²) in [6, 6.07) is 15.2. The number of nitrogens with one attached hydrogen (secondary N) is 2. The minimum atomic E-state index is 0.673. The van der Waals surface area contributed by atoms with Gasteiger partial charge in [-0.3, -0.25) is 0 Å². The van der Waals surface area contributed by atoms with E-state index in [-0.39, 0.29) is 0 Å². The normalized spacial score (nSPS) is 10.8. The quantitative estimate of drug-likeness (QED) is 0.483. The van der Waals surface area contributed by atoms with E-state index in [1.165, 1.54) is 0 Å². The molecule has 2 aromatic carbocycles. The van der Waals surface area contributed by atoms with E-state index in [0.717, 1.165) is 33.9 Å². The average Bonchev–Trinajstić information content (AvgIpc) is 3.07. The summed E-state index contributed by atoms with van der Waals surface area (Å²) in [5, 5.41) is 3.32. The molecule has 4 rings (SSSR count). The smallest absolute Gasteiger partial charge is 0.158 e. The fourth-order valence-corrected chi connectivity index (χ4v) is 2.65. The molecule has 0 bridgehead atoms. The van der Waals surface area contributed by atoms with Gasteiger partial charge < -0.3 is 20.8 Å². The van der Waals surface area contributed by atoms with Crippen molar-refractivity contribution in [3.05, 3.63) is 66.6 Å². The number of aryl methyl sites for hydroxylation is 1. The van der Waals surface area contributed by atoms with Crippen LogP contribution in [0, 0.1) is 6.92 Å². The second kappa shape index (κ2) is 6.16. The van der Waals surface area contributed by atoms with E-state index in [1.807, 2.05) is 55.6 Å². The summed E-state index contributed by atoms with van der Waals surface area (Å²) in [7, 11) is 0. The van der Waals surface area contributed by atoms with Crippen LogP contribution in [-0.2, 0) is 0 Å². The Morgan fingerprint density at radius 3 is 2.84 bits per heavy atom. The zero-order valence-electron chi connectivity index (χ0n) is 13.7. The van der Waals surface area contributed by atoms with E-state index in [1.54, 1.807) is 12.4 Å². The summed E-state index contributed by atoms with van der Waals surface area (Å²) in [6.45, 7) is 2.00. The summed E-state index contributed by atoms with van der Waals surface area (Å²) in [6.07, 6.45) is 3.39. The number of nitrogen functional groups attached to an aromatic ring is 1. The monoisotopic (exact) mass is 331 g/mol. The number of fused-ring (bicyclic) bond motifs is 1. The highest BCUT2D eigenvalue weighted by Gasteiger charge is 2.07. The van der Waals surface area contributed by atoms with Crippen molar-refractivity contribution in [2.45, 2.75) is 6.92 Å². The maximum atomic E-state index is 5.91. The third kappa shape index (κ3) is 3.10. The van der Waals surface area contributed by atoms with Crippen molar-refractivity contribution < 1.29 is 4.74 Å². The summed E-state index contributed by atoms with van der Waals surface area (Å²) in [5.41, 5.74) is 10.1. The van der Waals surface area contributed by atoms with Gasteiger partial charge in [0.15, 0.2) is 5.82 Å². The van der Waals surface area contributed by atoms with Gasteiger partial charge in [0.25, 0.3) is 0 Å². The van der Waals surface area contributed by atoms with Crippen molar-refractivity contribution in [2.24, 2.45) is 0 Å². The van der Waals surface area contributed by atoms with Gasteiger partial charge in [-0.15, -0.1) is 0 Å². The van der Waals surface area contributed by atoms with E-state index >= 15 is 0 Å². The Morgan fingerprint density at radius 1 is 1.08 bits per heavy atom. The summed E-state index contributed by atoms with van der Waals surface area (Å²) >= 11 is 0. The van der Waals surface area contributed by atoms with Gasteiger partial charge in [0.1, 0.15) is 23.3 Å². The van der Waals surface area contributed by atoms with Gasteiger partial charge in [0.05, 0.1) is 5.52 Å². The van der Waals surface area contributed by atoms with E-state index in [9.17, 15) is 0 Å². The van der Waals surface area contributed by atoms with Crippen LogP contribution in [0.4, 0.5) is 17.2 Å². The molecule has 2 aromatic heterocycles. The predicted molar refractivity (Wildman–Crippen MR) is 99.3 cm³/mol. The molecule has 6 nitrogen and oxygen atoms in total. The van der Waals surface area contributed by atoms with Gasteiger partial charge in [-0.05, 0) is 48.9 Å². The third-order valence-electron chi connectivity index (χ3n) is 3.87. The van der Waals surface area contributed by atoms with Crippen molar-refractivity contribution in [1.82, 2.24) is 15.0 Å². The van der Waals surface area contributed by atoms with Crippen LogP contribution in [0.1, 0.15) is 5.56 Å². The van der Waals surface area contributed by atoms with Gasteiger partial charge >= 0.3 is 0 Å². The van der Waals surface area contributed by atoms with Crippen molar-refractivity contribution in [3.8, 4) is 11.5 Å².